The highest BCUT2D eigenvalue weighted by Gasteiger charge is 2.37. The highest BCUT2D eigenvalue weighted by molar-refractivity contribution is 6.18. The summed E-state index contributed by atoms with van der Waals surface area (Å²) < 4.78 is 11.6. The Morgan fingerprint density at radius 2 is 2.22 bits per heavy atom. The van der Waals surface area contributed by atoms with E-state index < -0.39 is 0 Å². The molecule has 3 rings (SSSR count). The van der Waals surface area contributed by atoms with E-state index in [1.165, 1.54) is 5.56 Å². The number of ether oxygens (including phenoxy) is 2. The van der Waals surface area contributed by atoms with Crippen LogP contribution in [0.15, 0.2) is 24.3 Å². The molecule has 2 aliphatic rings. The van der Waals surface area contributed by atoms with Crippen molar-refractivity contribution in [1.82, 2.24) is 0 Å². The summed E-state index contributed by atoms with van der Waals surface area (Å²) >= 11 is 6.19. The van der Waals surface area contributed by atoms with E-state index in [4.69, 9.17) is 21.1 Å². The second-order valence-corrected chi connectivity index (χ2v) is 5.81. The van der Waals surface area contributed by atoms with Crippen molar-refractivity contribution in [3.8, 4) is 5.75 Å². The van der Waals surface area contributed by atoms with Gasteiger partial charge in [-0.05, 0) is 30.9 Å². The Hall–Kier alpha value is -0.730. The molecule has 2 atom stereocenters. The van der Waals surface area contributed by atoms with E-state index in [1.807, 2.05) is 6.07 Å². The summed E-state index contributed by atoms with van der Waals surface area (Å²) in [5, 5.41) is 0. The zero-order chi connectivity index (χ0) is 12.4. The summed E-state index contributed by atoms with van der Waals surface area (Å²) in [6, 6.07) is 8.31. The molecule has 1 fully saturated rings. The van der Waals surface area contributed by atoms with E-state index in [-0.39, 0.29) is 11.5 Å². The number of benzene rings is 1. The predicted molar refractivity (Wildman–Crippen MR) is 72.4 cm³/mol. The van der Waals surface area contributed by atoms with Gasteiger partial charge in [-0.2, -0.15) is 0 Å². The maximum Gasteiger partial charge on any atom is 0.123 e. The Bertz CT molecular complexity index is 388. The number of rotatable bonds is 3. The molecule has 0 aliphatic carbocycles. The van der Waals surface area contributed by atoms with Crippen LogP contribution in [0.1, 0.15) is 24.8 Å². The lowest BCUT2D eigenvalue weighted by atomic mass is 9.79. The monoisotopic (exact) mass is 266 g/mol. The van der Waals surface area contributed by atoms with Gasteiger partial charge in [-0.25, -0.2) is 0 Å². The third kappa shape index (κ3) is 2.36. The molecule has 0 N–H and O–H groups in total. The van der Waals surface area contributed by atoms with Gasteiger partial charge in [0.05, 0.1) is 6.61 Å². The highest BCUT2D eigenvalue weighted by Crippen LogP contribution is 2.39. The Morgan fingerprint density at radius 1 is 1.33 bits per heavy atom. The summed E-state index contributed by atoms with van der Waals surface area (Å²) in [5.74, 6) is 1.72. The van der Waals surface area contributed by atoms with E-state index >= 15 is 0 Å². The lowest BCUT2D eigenvalue weighted by Gasteiger charge is -2.36. The molecule has 2 unspecified atom stereocenters. The smallest absolute Gasteiger partial charge is 0.123 e. The van der Waals surface area contributed by atoms with Crippen LogP contribution in [0.2, 0.25) is 0 Å². The van der Waals surface area contributed by atoms with Crippen molar-refractivity contribution in [2.75, 3.05) is 19.1 Å². The Balaban J connectivity index is 1.67. The van der Waals surface area contributed by atoms with Gasteiger partial charge in [-0.15, -0.1) is 11.6 Å². The number of hydrogen-bond donors (Lipinski definition) is 0. The average Bonchev–Trinajstić information content (AvgIpc) is 2.81. The van der Waals surface area contributed by atoms with Crippen LogP contribution < -0.4 is 4.74 Å². The summed E-state index contributed by atoms with van der Waals surface area (Å²) in [5.41, 5.74) is 1.44. The number of para-hydroxylation sites is 1. The first-order valence-electron chi connectivity index (χ1n) is 6.70. The van der Waals surface area contributed by atoms with Crippen molar-refractivity contribution in [1.29, 1.82) is 0 Å². The maximum atomic E-state index is 6.19. The van der Waals surface area contributed by atoms with Gasteiger partial charge in [0.15, 0.2) is 0 Å². The third-order valence-electron chi connectivity index (χ3n) is 4.06. The molecule has 2 nitrogen and oxygen atoms in total. The van der Waals surface area contributed by atoms with Crippen LogP contribution in [0.4, 0.5) is 0 Å². The van der Waals surface area contributed by atoms with E-state index in [9.17, 15) is 0 Å². The number of halogens is 1. The average molecular weight is 267 g/mol. The van der Waals surface area contributed by atoms with E-state index in [0.29, 0.717) is 5.88 Å². The Morgan fingerprint density at radius 3 is 2.94 bits per heavy atom. The van der Waals surface area contributed by atoms with Gasteiger partial charge >= 0.3 is 0 Å². The molecule has 0 amide bonds. The van der Waals surface area contributed by atoms with Crippen molar-refractivity contribution in [3.05, 3.63) is 29.8 Å². The fourth-order valence-corrected chi connectivity index (χ4v) is 3.40. The summed E-state index contributed by atoms with van der Waals surface area (Å²) in [4.78, 5) is 0. The minimum Gasteiger partial charge on any atom is -0.490 e. The minimum atomic E-state index is 0.118. The lowest BCUT2D eigenvalue weighted by Crippen LogP contribution is -2.38. The second-order valence-electron chi connectivity index (χ2n) is 5.55. The quantitative estimate of drug-likeness (QED) is 0.781. The molecule has 1 aromatic carbocycles. The van der Waals surface area contributed by atoms with Gasteiger partial charge in [-0.1, -0.05) is 18.2 Å². The second kappa shape index (κ2) is 5.10. The summed E-state index contributed by atoms with van der Waals surface area (Å²) in [6.45, 7) is 1.66. The van der Waals surface area contributed by atoms with Crippen molar-refractivity contribution < 1.29 is 9.47 Å². The van der Waals surface area contributed by atoms with Crippen LogP contribution in [0.25, 0.3) is 0 Å². The van der Waals surface area contributed by atoms with E-state index in [0.717, 1.165) is 44.6 Å². The first-order chi connectivity index (χ1) is 8.81. The van der Waals surface area contributed by atoms with Gasteiger partial charge in [0, 0.05) is 24.3 Å². The molecule has 1 saturated heterocycles. The third-order valence-corrected chi connectivity index (χ3v) is 4.63. The zero-order valence-electron chi connectivity index (χ0n) is 10.5. The van der Waals surface area contributed by atoms with Crippen LogP contribution in [-0.2, 0) is 11.2 Å². The SMILES string of the molecule is ClCC1(CC2Cc3ccccc3O2)CCCOC1. The molecule has 2 aliphatic heterocycles. The van der Waals surface area contributed by atoms with Crippen LogP contribution in [0.5, 0.6) is 5.75 Å². The van der Waals surface area contributed by atoms with Gasteiger partial charge in [0.1, 0.15) is 11.9 Å². The largest absolute Gasteiger partial charge is 0.490 e. The fourth-order valence-electron chi connectivity index (χ4n) is 3.08. The van der Waals surface area contributed by atoms with Gasteiger partial charge in [-0.3, -0.25) is 0 Å². The molecular weight excluding hydrogens is 248 g/mol. The number of hydrogen-bond acceptors (Lipinski definition) is 2. The molecule has 2 heterocycles. The molecule has 0 saturated carbocycles. The first-order valence-corrected chi connectivity index (χ1v) is 7.23. The number of alkyl halides is 1. The van der Waals surface area contributed by atoms with Crippen LogP contribution >= 0.6 is 11.6 Å². The summed E-state index contributed by atoms with van der Waals surface area (Å²) in [7, 11) is 0. The van der Waals surface area contributed by atoms with Gasteiger partial charge in [0.2, 0.25) is 0 Å². The van der Waals surface area contributed by atoms with Crippen molar-refractivity contribution >= 4 is 11.6 Å². The van der Waals surface area contributed by atoms with Crippen molar-refractivity contribution in [2.45, 2.75) is 31.8 Å². The number of fused-ring (bicyclic) bond motifs is 1. The molecule has 3 heteroatoms. The minimum absolute atomic E-state index is 0.118. The van der Waals surface area contributed by atoms with E-state index in [2.05, 4.69) is 18.2 Å². The fraction of sp³-hybridized carbons (Fsp3) is 0.600. The lowest BCUT2D eigenvalue weighted by molar-refractivity contribution is -0.0160. The Kier molecular flexibility index (Phi) is 3.49. The molecule has 18 heavy (non-hydrogen) atoms. The van der Waals surface area contributed by atoms with Crippen molar-refractivity contribution in [3.63, 3.8) is 0 Å². The molecule has 0 aromatic heterocycles. The molecule has 0 bridgehead atoms. The van der Waals surface area contributed by atoms with Crippen LogP contribution in [0, 0.1) is 5.41 Å². The zero-order valence-corrected chi connectivity index (χ0v) is 11.3. The maximum absolute atomic E-state index is 6.19. The van der Waals surface area contributed by atoms with E-state index in [1.54, 1.807) is 0 Å². The summed E-state index contributed by atoms with van der Waals surface area (Å²) in [6.07, 6.45) is 4.56. The van der Waals surface area contributed by atoms with Gasteiger partial charge in [0.25, 0.3) is 0 Å². The van der Waals surface area contributed by atoms with Gasteiger partial charge < -0.3 is 9.47 Å². The van der Waals surface area contributed by atoms with Crippen LogP contribution in [0.3, 0.4) is 0 Å². The Labute approximate surface area is 113 Å². The molecule has 0 spiro atoms. The normalized spacial score (nSPS) is 30.8. The molecule has 0 radical (unpaired) electrons. The molecule has 98 valence electrons. The first kappa shape index (κ1) is 12.3. The van der Waals surface area contributed by atoms with Crippen molar-refractivity contribution in [2.24, 2.45) is 5.41 Å². The topological polar surface area (TPSA) is 18.5 Å². The molecular formula is C15H19ClO2. The highest BCUT2D eigenvalue weighted by atomic mass is 35.5. The standard InChI is InChI=1S/C15H19ClO2/c16-10-15(6-3-7-17-11-15)9-13-8-12-4-1-2-5-14(12)18-13/h1-2,4-5,13H,3,6-11H2. The molecule has 1 aromatic rings. The predicted octanol–water partition coefficient (Wildman–Crippen LogP) is 3.42. The van der Waals surface area contributed by atoms with Crippen LogP contribution in [-0.4, -0.2) is 25.2 Å².